The smallest absolute Gasteiger partial charge is 0.241 e. The standard InChI is InChI=1S/C23H33N5O4S/c1-4-27-11-13-28(14-12-27)22-10-5-19(15-24-22)16-25-23(29)17-33(30,31)26-20-6-8-21(9-7-20)32-18(2)3/h5-10,15,18,26H,4,11-14,16-17H2,1-3H3,(H,25,29). The highest BCUT2D eigenvalue weighted by atomic mass is 32.2. The molecule has 10 heteroatoms. The van der Waals surface area contributed by atoms with E-state index in [1.54, 1.807) is 30.5 Å². The van der Waals surface area contributed by atoms with Crippen molar-refractivity contribution in [1.82, 2.24) is 15.2 Å². The van der Waals surface area contributed by atoms with Crippen molar-refractivity contribution in [3.8, 4) is 5.75 Å². The molecular formula is C23H33N5O4S. The molecule has 1 aliphatic rings. The van der Waals surface area contributed by atoms with E-state index in [0.29, 0.717) is 11.4 Å². The Kier molecular flexibility index (Phi) is 8.51. The maximum atomic E-state index is 12.3. The van der Waals surface area contributed by atoms with E-state index in [9.17, 15) is 13.2 Å². The quantitative estimate of drug-likeness (QED) is 0.542. The van der Waals surface area contributed by atoms with Crippen molar-refractivity contribution in [3.05, 3.63) is 48.2 Å². The minimum atomic E-state index is -3.83. The third-order valence-electron chi connectivity index (χ3n) is 5.26. The van der Waals surface area contributed by atoms with Gasteiger partial charge in [-0.05, 0) is 56.3 Å². The van der Waals surface area contributed by atoms with Gasteiger partial charge < -0.3 is 19.9 Å². The van der Waals surface area contributed by atoms with Crippen molar-refractivity contribution in [1.29, 1.82) is 0 Å². The van der Waals surface area contributed by atoms with E-state index in [1.165, 1.54) is 0 Å². The van der Waals surface area contributed by atoms with Crippen molar-refractivity contribution in [2.75, 3.05) is 48.1 Å². The van der Waals surface area contributed by atoms with Gasteiger partial charge in [-0.2, -0.15) is 0 Å². The molecule has 1 saturated heterocycles. The van der Waals surface area contributed by atoms with E-state index in [1.807, 2.05) is 26.0 Å². The first kappa shape index (κ1) is 24.8. The molecule has 1 aliphatic heterocycles. The Bertz CT molecular complexity index is 1000. The van der Waals surface area contributed by atoms with Gasteiger partial charge in [0.1, 0.15) is 17.3 Å². The van der Waals surface area contributed by atoms with E-state index in [0.717, 1.165) is 44.1 Å². The number of ether oxygens (including phenoxy) is 1. The first-order valence-corrected chi connectivity index (χ1v) is 12.9. The zero-order valence-electron chi connectivity index (χ0n) is 19.5. The van der Waals surface area contributed by atoms with Crippen LogP contribution < -0.4 is 19.7 Å². The lowest BCUT2D eigenvalue weighted by atomic mass is 10.2. The van der Waals surface area contributed by atoms with Crippen LogP contribution in [0.5, 0.6) is 5.75 Å². The molecule has 0 bridgehead atoms. The number of nitrogens with one attached hydrogen (secondary N) is 2. The van der Waals surface area contributed by atoms with Crippen LogP contribution in [-0.4, -0.2) is 68.8 Å². The molecule has 0 atom stereocenters. The Morgan fingerprint density at radius 2 is 1.79 bits per heavy atom. The zero-order valence-corrected chi connectivity index (χ0v) is 20.3. The van der Waals surface area contributed by atoms with Crippen molar-refractivity contribution in [3.63, 3.8) is 0 Å². The highest BCUT2D eigenvalue weighted by Crippen LogP contribution is 2.18. The Labute approximate surface area is 196 Å². The fourth-order valence-electron chi connectivity index (χ4n) is 3.52. The van der Waals surface area contributed by atoms with Gasteiger partial charge in [0.25, 0.3) is 0 Å². The number of hydrogen-bond acceptors (Lipinski definition) is 7. The van der Waals surface area contributed by atoms with Crippen LogP contribution in [0.2, 0.25) is 0 Å². The molecule has 33 heavy (non-hydrogen) atoms. The van der Waals surface area contributed by atoms with Crippen LogP contribution in [0.25, 0.3) is 0 Å². The third-order valence-corrected chi connectivity index (χ3v) is 6.45. The molecule has 2 heterocycles. The molecule has 1 aromatic carbocycles. The van der Waals surface area contributed by atoms with Crippen LogP contribution >= 0.6 is 0 Å². The molecule has 1 aromatic heterocycles. The summed E-state index contributed by atoms with van der Waals surface area (Å²) < 4.78 is 32.6. The predicted molar refractivity (Wildman–Crippen MR) is 130 cm³/mol. The van der Waals surface area contributed by atoms with E-state index in [-0.39, 0.29) is 12.6 Å². The normalized spacial score (nSPS) is 14.8. The lowest BCUT2D eigenvalue weighted by molar-refractivity contribution is -0.118. The number of carbonyl (C=O) groups excluding carboxylic acids is 1. The topological polar surface area (TPSA) is 104 Å². The summed E-state index contributed by atoms with van der Waals surface area (Å²) in [5.41, 5.74) is 1.18. The molecule has 0 unspecified atom stereocenters. The Hall–Kier alpha value is -2.85. The number of sulfonamides is 1. The molecule has 9 nitrogen and oxygen atoms in total. The maximum Gasteiger partial charge on any atom is 0.241 e. The predicted octanol–water partition coefficient (Wildman–Crippen LogP) is 2.07. The van der Waals surface area contributed by atoms with Gasteiger partial charge in [-0.3, -0.25) is 9.52 Å². The molecule has 2 aromatic rings. The summed E-state index contributed by atoms with van der Waals surface area (Å²) in [7, 11) is -3.83. The number of hydrogen-bond donors (Lipinski definition) is 2. The van der Waals surface area contributed by atoms with Gasteiger partial charge in [-0.15, -0.1) is 0 Å². The highest BCUT2D eigenvalue weighted by molar-refractivity contribution is 7.93. The van der Waals surface area contributed by atoms with Crippen molar-refractivity contribution in [2.45, 2.75) is 33.4 Å². The summed E-state index contributed by atoms with van der Waals surface area (Å²) in [4.78, 5) is 21.3. The maximum absolute atomic E-state index is 12.3. The van der Waals surface area contributed by atoms with E-state index >= 15 is 0 Å². The second-order valence-electron chi connectivity index (χ2n) is 8.27. The molecule has 0 aliphatic carbocycles. The van der Waals surface area contributed by atoms with Gasteiger partial charge in [-0.25, -0.2) is 13.4 Å². The van der Waals surface area contributed by atoms with Crippen LogP contribution in [0, 0.1) is 0 Å². The van der Waals surface area contributed by atoms with Gasteiger partial charge in [0.15, 0.2) is 0 Å². The SMILES string of the molecule is CCN1CCN(c2ccc(CNC(=O)CS(=O)(=O)Nc3ccc(OC(C)C)cc3)cn2)CC1. The van der Waals surface area contributed by atoms with Crippen LogP contribution in [0.3, 0.4) is 0 Å². The van der Waals surface area contributed by atoms with Crippen molar-refractivity contribution >= 4 is 27.4 Å². The number of piperazine rings is 1. The largest absolute Gasteiger partial charge is 0.491 e. The van der Waals surface area contributed by atoms with Crippen molar-refractivity contribution < 1.29 is 17.9 Å². The third kappa shape index (κ3) is 7.90. The highest BCUT2D eigenvalue weighted by Gasteiger charge is 2.18. The van der Waals surface area contributed by atoms with Crippen molar-refractivity contribution in [2.24, 2.45) is 0 Å². The summed E-state index contributed by atoms with van der Waals surface area (Å²) in [6, 6.07) is 10.4. The number of anilines is 2. The monoisotopic (exact) mass is 475 g/mol. The summed E-state index contributed by atoms with van der Waals surface area (Å²) >= 11 is 0. The fourth-order valence-corrected chi connectivity index (χ4v) is 4.53. The van der Waals surface area contributed by atoms with E-state index in [2.05, 4.69) is 31.7 Å². The first-order valence-electron chi connectivity index (χ1n) is 11.2. The molecule has 0 spiro atoms. The van der Waals surface area contributed by atoms with Gasteiger partial charge in [-0.1, -0.05) is 13.0 Å². The van der Waals surface area contributed by atoms with Crippen LogP contribution in [0.1, 0.15) is 26.3 Å². The molecule has 3 rings (SSSR count). The van der Waals surface area contributed by atoms with Crippen LogP contribution in [0.4, 0.5) is 11.5 Å². The first-order chi connectivity index (χ1) is 15.7. The second kappa shape index (κ2) is 11.3. The Morgan fingerprint density at radius 1 is 1.09 bits per heavy atom. The summed E-state index contributed by atoms with van der Waals surface area (Å²) in [6.07, 6.45) is 1.74. The zero-order chi connectivity index (χ0) is 23.8. The number of pyridine rings is 1. The Balaban J connectivity index is 1.45. The number of carbonyl (C=O) groups is 1. The minimum Gasteiger partial charge on any atom is -0.491 e. The molecule has 1 fully saturated rings. The van der Waals surface area contributed by atoms with Gasteiger partial charge in [0.05, 0.1) is 6.10 Å². The molecule has 2 N–H and O–H groups in total. The number of amides is 1. The second-order valence-corrected chi connectivity index (χ2v) is 10.00. The molecule has 0 saturated carbocycles. The molecule has 180 valence electrons. The summed E-state index contributed by atoms with van der Waals surface area (Å²) in [5, 5.41) is 2.65. The lowest BCUT2D eigenvalue weighted by Gasteiger charge is -2.34. The van der Waals surface area contributed by atoms with E-state index in [4.69, 9.17) is 4.74 Å². The summed E-state index contributed by atoms with van der Waals surface area (Å²) in [6.45, 7) is 11.2. The molecular weight excluding hydrogens is 442 g/mol. The van der Waals surface area contributed by atoms with Crippen LogP contribution in [-0.2, 0) is 21.4 Å². The average Bonchev–Trinajstić information content (AvgIpc) is 2.78. The van der Waals surface area contributed by atoms with E-state index < -0.39 is 21.7 Å². The fraction of sp³-hybridized carbons (Fsp3) is 0.478. The van der Waals surface area contributed by atoms with Gasteiger partial charge >= 0.3 is 0 Å². The number of likely N-dealkylation sites (N-methyl/N-ethyl adjacent to an activating group) is 1. The summed E-state index contributed by atoms with van der Waals surface area (Å²) in [5.74, 6) is 0.317. The number of benzene rings is 1. The minimum absolute atomic E-state index is 0.0270. The van der Waals surface area contributed by atoms with Gasteiger partial charge in [0.2, 0.25) is 15.9 Å². The number of aromatic nitrogens is 1. The lowest BCUT2D eigenvalue weighted by Crippen LogP contribution is -2.46. The number of nitrogens with zero attached hydrogens (tertiary/aromatic N) is 3. The van der Waals surface area contributed by atoms with Gasteiger partial charge in [0, 0.05) is 44.6 Å². The molecule has 0 radical (unpaired) electrons. The van der Waals surface area contributed by atoms with Crippen LogP contribution in [0.15, 0.2) is 42.6 Å². The Morgan fingerprint density at radius 3 is 2.36 bits per heavy atom. The molecule has 1 amide bonds. The number of rotatable bonds is 10. The average molecular weight is 476 g/mol.